The highest BCUT2D eigenvalue weighted by Gasteiger charge is 2.23. The Morgan fingerprint density at radius 1 is 1.14 bits per heavy atom. The third-order valence-electron chi connectivity index (χ3n) is 4.76. The van der Waals surface area contributed by atoms with Gasteiger partial charge in [-0.15, -0.1) is 11.3 Å². The molecule has 1 aliphatic rings. The molecule has 0 spiro atoms. The number of benzene rings is 2. The van der Waals surface area contributed by atoms with Crippen LogP contribution in [0.3, 0.4) is 0 Å². The molecule has 1 N–H and O–H groups in total. The molecule has 1 amide bonds. The van der Waals surface area contributed by atoms with E-state index in [1.54, 1.807) is 23.7 Å². The van der Waals surface area contributed by atoms with Crippen molar-refractivity contribution in [2.45, 2.75) is 0 Å². The second kappa shape index (κ2) is 6.28. The van der Waals surface area contributed by atoms with Gasteiger partial charge in [0.25, 0.3) is 5.91 Å². The number of carbonyl (C=O) groups excluding carboxylic acids is 1. The number of guanidine groups is 1. The molecule has 138 valence electrons. The van der Waals surface area contributed by atoms with Gasteiger partial charge < -0.3 is 9.47 Å². The molecule has 3 heterocycles. The van der Waals surface area contributed by atoms with Crippen LogP contribution < -0.4 is 10.2 Å². The Kier molecular flexibility index (Phi) is 3.73. The first-order valence-corrected chi connectivity index (χ1v) is 9.56. The van der Waals surface area contributed by atoms with E-state index in [9.17, 15) is 4.79 Å². The van der Waals surface area contributed by atoms with Crippen LogP contribution in [0.25, 0.3) is 27.3 Å². The summed E-state index contributed by atoms with van der Waals surface area (Å²) in [6, 6.07) is 11.9. The van der Waals surface area contributed by atoms with Gasteiger partial charge in [0.05, 0.1) is 33.1 Å². The molecule has 28 heavy (non-hydrogen) atoms. The number of aromatic nitrogens is 3. The van der Waals surface area contributed by atoms with Crippen molar-refractivity contribution in [2.75, 3.05) is 11.9 Å². The Bertz CT molecular complexity index is 1300. The summed E-state index contributed by atoms with van der Waals surface area (Å²) in [7, 11) is 3.83. The maximum absolute atomic E-state index is 12.4. The molecule has 0 radical (unpaired) electrons. The summed E-state index contributed by atoms with van der Waals surface area (Å²) in [6.45, 7) is 0. The quantitative estimate of drug-likeness (QED) is 0.535. The number of rotatable bonds is 2. The number of carbonyl (C=O) groups is 1. The number of imidazole rings is 1. The molecule has 2 aromatic heterocycles. The minimum atomic E-state index is -0.217. The molecule has 0 atom stereocenters. The average molecular weight is 388 g/mol. The van der Waals surface area contributed by atoms with E-state index in [0.717, 1.165) is 32.5 Å². The maximum Gasteiger partial charge on any atom is 0.276 e. The number of fused-ring (bicyclic) bond motifs is 2. The van der Waals surface area contributed by atoms with Gasteiger partial charge in [-0.3, -0.25) is 10.1 Å². The van der Waals surface area contributed by atoms with Crippen molar-refractivity contribution in [3.63, 3.8) is 0 Å². The average Bonchev–Trinajstić information content (AvgIpc) is 3.40. The molecule has 0 fully saturated rings. The molecule has 0 saturated heterocycles. The van der Waals surface area contributed by atoms with Gasteiger partial charge in [0.15, 0.2) is 0 Å². The number of nitrogens with zero attached hydrogens (tertiary/aromatic N) is 5. The first-order valence-electron chi connectivity index (χ1n) is 8.68. The van der Waals surface area contributed by atoms with Gasteiger partial charge in [0.2, 0.25) is 5.96 Å². The van der Waals surface area contributed by atoms with Crippen LogP contribution in [0.15, 0.2) is 58.9 Å². The summed E-state index contributed by atoms with van der Waals surface area (Å²) >= 11 is 1.57. The summed E-state index contributed by atoms with van der Waals surface area (Å²) in [5, 5.41) is 2.84. The van der Waals surface area contributed by atoms with Gasteiger partial charge in [-0.1, -0.05) is 6.07 Å². The smallest absolute Gasteiger partial charge is 0.276 e. The van der Waals surface area contributed by atoms with Crippen molar-refractivity contribution in [1.29, 1.82) is 0 Å². The molecule has 0 unspecified atom stereocenters. The van der Waals surface area contributed by atoms with E-state index in [1.807, 2.05) is 65.5 Å². The van der Waals surface area contributed by atoms with E-state index in [-0.39, 0.29) is 5.91 Å². The van der Waals surface area contributed by atoms with Gasteiger partial charge in [-0.2, -0.15) is 0 Å². The summed E-state index contributed by atoms with van der Waals surface area (Å²) in [5.41, 5.74) is 6.91. The molecule has 0 aliphatic carbocycles. The zero-order valence-electron chi connectivity index (χ0n) is 15.2. The van der Waals surface area contributed by atoms with E-state index in [1.165, 1.54) is 0 Å². The molecule has 1 aliphatic heterocycles. The van der Waals surface area contributed by atoms with Crippen LogP contribution >= 0.6 is 11.3 Å². The number of hydrogen-bond acceptors (Lipinski definition) is 6. The van der Waals surface area contributed by atoms with E-state index < -0.39 is 0 Å². The monoisotopic (exact) mass is 388 g/mol. The lowest BCUT2D eigenvalue weighted by molar-refractivity contribution is -0.115. The van der Waals surface area contributed by atoms with E-state index in [4.69, 9.17) is 0 Å². The lowest BCUT2D eigenvalue weighted by Gasteiger charge is -2.18. The van der Waals surface area contributed by atoms with Crippen LogP contribution in [0.2, 0.25) is 0 Å². The van der Waals surface area contributed by atoms with Crippen LogP contribution in [-0.4, -0.2) is 33.4 Å². The Labute approximate surface area is 164 Å². The van der Waals surface area contributed by atoms with E-state index in [0.29, 0.717) is 11.7 Å². The second-order valence-corrected chi connectivity index (χ2v) is 7.47. The van der Waals surface area contributed by atoms with E-state index >= 15 is 0 Å². The lowest BCUT2D eigenvalue weighted by Crippen LogP contribution is -2.37. The lowest BCUT2D eigenvalue weighted by atomic mass is 10.2. The molecular weight excluding hydrogens is 372 g/mol. The van der Waals surface area contributed by atoms with Gasteiger partial charge in [-0.05, 0) is 42.0 Å². The van der Waals surface area contributed by atoms with Crippen LogP contribution in [0.5, 0.6) is 0 Å². The fraction of sp³-hybridized carbons (Fsp3) is 0.100. The van der Waals surface area contributed by atoms with Crippen LogP contribution in [0, 0.1) is 0 Å². The van der Waals surface area contributed by atoms with Crippen molar-refractivity contribution in [3.8, 4) is 0 Å². The number of amides is 1. The highest BCUT2D eigenvalue weighted by Crippen LogP contribution is 2.24. The van der Waals surface area contributed by atoms with Crippen molar-refractivity contribution >= 4 is 56.2 Å². The van der Waals surface area contributed by atoms with Crippen molar-refractivity contribution < 1.29 is 4.79 Å². The molecule has 7 nitrogen and oxygen atoms in total. The second-order valence-electron chi connectivity index (χ2n) is 6.59. The summed E-state index contributed by atoms with van der Waals surface area (Å²) in [4.78, 5) is 27.4. The standard InChI is InChI=1S/C20H16N6OS/c1-25-10-21-15-9-13(4-6-17(15)25)26(2)20-23-16(19(27)24-20)7-12-3-5-14-18(8-12)28-11-22-14/h3-11H,1-2H3,(H,23,24,27). The zero-order valence-corrected chi connectivity index (χ0v) is 16.1. The Hall–Kier alpha value is -3.52. The fourth-order valence-electron chi connectivity index (χ4n) is 3.19. The molecule has 4 aromatic rings. The third kappa shape index (κ3) is 2.74. The Morgan fingerprint density at radius 3 is 2.93 bits per heavy atom. The third-order valence-corrected chi connectivity index (χ3v) is 5.55. The SMILES string of the molecule is CN(C1=NC(=Cc2ccc3ncsc3c2)C(=O)N1)c1ccc2c(c1)ncn2C. The van der Waals surface area contributed by atoms with E-state index in [2.05, 4.69) is 20.3 Å². The molecule has 0 bridgehead atoms. The van der Waals surface area contributed by atoms with Gasteiger partial charge in [0, 0.05) is 19.8 Å². The molecule has 5 rings (SSSR count). The number of nitrogens with one attached hydrogen (secondary N) is 1. The summed E-state index contributed by atoms with van der Waals surface area (Å²) in [5.74, 6) is 0.274. The van der Waals surface area contributed by atoms with Crippen LogP contribution in [-0.2, 0) is 11.8 Å². The van der Waals surface area contributed by atoms with Crippen molar-refractivity contribution in [1.82, 2.24) is 19.9 Å². The number of aliphatic imine (C=N–C) groups is 1. The Balaban J connectivity index is 1.46. The zero-order chi connectivity index (χ0) is 19.3. The maximum atomic E-state index is 12.4. The number of thiazole rings is 1. The Morgan fingerprint density at radius 2 is 2.04 bits per heavy atom. The largest absolute Gasteiger partial charge is 0.334 e. The topological polar surface area (TPSA) is 75.4 Å². The summed E-state index contributed by atoms with van der Waals surface area (Å²) < 4.78 is 3.05. The van der Waals surface area contributed by atoms with Gasteiger partial charge >= 0.3 is 0 Å². The fourth-order valence-corrected chi connectivity index (χ4v) is 3.92. The summed E-state index contributed by atoms with van der Waals surface area (Å²) in [6.07, 6.45) is 3.57. The minimum absolute atomic E-state index is 0.217. The van der Waals surface area contributed by atoms with Crippen molar-refractivity contribution in [3.05, 3.63) is 59.5 Å². The number of aryl methyl sites for hydroxylation is 1. The van der Waals surface area contributed by atoms with Crippen LogP contribution in [0.4, 0.5) is 5.69 Å². The highest BCUT2D eigenvalue weighted by molar-refractivity contribution is 7.16. The number of anilines is 1. The predicted octanol–water partition coefficient (Wildman–Crippen LogP) is 3.15. The van der Waals surface area contributed by atoms with Crippen molar-refractivity contribution in [2.24, 2.45) is 12.0 Å². The predicted molar refractivity (Wildman–Crippen MR) is 112 cm³/mol. The molecule has 8 heteroatoms. The molecule has 2 aromatic carbocycles. The first kappa shape index (κ1) is 16.6. The molecule has 0 saturated carbocycles. The number of hydrogen-bond donors (Lipinski definition) is 1. The van der Waals surface area contributed by atoms with Gasteiger partial charge in [0.1, 0.15) is 5.70 Å². The minimum Gasteiger partial charge on any atom is -0.334 e. The molecular formula is C20H16N6OS. The normalized spacial score (nSPS) is 15.4. The van der Waals surface area contributed by atoms with Gasteiger partial charge in [-0.25, -0.2) is 15.0 Å². The first-order chi connectivity index (χ1) is 13.6. The van der Waals surface area contributed by atoms with Crippen LogP contribution in [0.1, 0.15) is 5.56 Å². The highest BCUT2D eigenvalue weighted by atomic mass is 32.1.